The van der Waals surface area contributed by atoms with Gasteiger partial charge in [-0.15, -0.1) is 0 Å². The van der Waals surface area contributed by atoms with Crippen LogP contribution in [0.1, 0.15) is 25.6 Å². The van der Waals surface area contributed by atoms with Crippen LogP contribution in [-0.2, 0) is 0 Å². The smallest absolute Gasteiger partial charge is 0.302 e. The van der Waals surface area contributed by atoms with Crippen molar-refractivity contribution < 1.29 is 9.13 Å². The molecule has 1 saturated heterocycles. The molecule has 2 heterocycles. The molecule has 0 bridgehead atoms. The second-order valence-corrected chi connectivity index (χ2v) is 8.01. The number of nitrogens with one attached hydrogen (secondary N) is 1. The summed E-state index contributed by atoms with van der Waals surface area (Å²) in [5.74, 6) is 1.39. The third kappa shape index (κ3) is 4.48. The van der Waals surface area contributed by atoms with Gasteiger partial charge in [-0.05, 0) is 26.7 Å². The highest BCUT2D eigenvalue weighted by Crippen LogP contribution is 2.52. The number of amidine groups is 1. The van der Waals surface area contributed by atoms with E-state index in [1.165, 1.54) is 24.3 Å². The van der Waals surface area contributed by atoms with E-state index < -0.39 is 6.30 Å². The number of aromatic nitrogens is 2. The molecule has 0 radical (unpaired) electrons. The third-order valence-electron chi connectivity index (χ3n) is 5.86. The molecule has 5 N–H and O–H groups in total. The molecule has 1 saturated carbocycles. The fourth-order valence-corrected chi connectivity index (χ4v) is 3.40. The number of nitrogens with two attached hydrogens (primary N) is 2. The SMILES string of the molecule is C=C(N=C(Oc1cnc(C)nc1)N(C)C(F)C(N)=C(C)NC)N1C[C@H](N)C2(CC2)C1. The molecule has 30 heavy (non-hydrogen) atoms. The zero-order valence-electron chi connectivity index (χ0n) is 18.0. The van der Waals surface area contributed by atoms with Gasteiger partial charge in [0.15, 0.2) is 5.75 Å². The molecule has 1 aliphatic heterocycles. The van der Waals surface area contributed by atoms with Gasteiger partial charge in [-0.1, -0.05) is 6.58 Å². The molecule has 1 aromatic rings. The Bertz CT molecular complexity index is 849. The first kappa shape index (κ1) is 21.8. The van der Waals surface area contributed by atoms with Crippen LogP contribution >= 0.6 is 0 Å². The summed E-state index contributed by atoms with van der Waals surface area (Å²) >= 11 is 0. The Morgan fingerprint density at radius 1 is 1.47 bits per heavy atom. The van der Waals surface area contributed by atoms with Crippen molar-refractivity contribution in [1.82, 2.24) is 25.1 Å². The average Bonchev–Trinajstić information content (AvgIpc) is 3.44. The van der Waals surface area contributed by atoms with E-state index in [1.54, 1.807) is 20.9 Å². The summed E-state index contributed by atoms with van der Waals surface area (Å²) in [5, 5.41) is 2.85. The van der Waals surface area contributed by atoms with E-state index in [2.05, 4.69) is 26.9 Å². The van der Waals surface area contributed by atoms with E-state index in [4.69, 9.17) is 16.2 Å². The average molecular weight is 419 g/mol. The number of hydrogen-bond donors (Lipinski definition) is 3. The first-order valence-corrected chi connectivity index (χ1v) is 9.92. The van der Waals surface area contributed by atoms with Crippen molar-refractivity contribution in [2.75, 3.05) is 27.2 Å². The van der Waals surface area contributed by atoms with Gasteiger partial charge in [-0.25, -0.2) is 14.4 Å². The standard InChI is InChI=1S/C20H31FN8O/c1-12(24-4)17(23)18(21)28(5)19(30-15-8-25-13(2)26-9-15)27-14(3)29-10-16(22)20(11-29)6-7-20/h8-9,16,18,24H,3,6-7,10-11,22-23H2,1-2,4-5H3/t16-,18?/m0/s1. The molecule has 2 fully saturated rings. The van der Waals surface area contributed by atoms with E-state index in [9.17, 15) is 0 Å². The van der Waals surface area contributed by atoms with Crippen LogP contribution < -0.4 is 21.5 Å². The first-order valence-electron chi connectivity index (χ1n) is 9.92. The van der Waals surface area contributed by atoms with Gasteiger partial charge in [-0.2, -0.15) is 4.99 Å². The monoisotopic (exact) mass is 418 g/mol. The Kier molecular flexibility index (Phi) is 6.16. The van der Waals surface area contributed by atoms with Crippen LogP contribution in [-0.4, -0.2) is 65.3 Å². The van der Waals surface area contributed by atoms with Gasteiger partial charge in [0.25, 0.3) is 0 Å². The number of allylic oxidation sites excluding steroid dienone is 1. The minimum absolute atomic E-state index is 0.00266. The van der Waals surface area contributed by atoms with Crippen LogP contribution in [0.5, 0.6) is 5.75 Å². The molecular weight excluding hydrogens is 387 g/mol. The number of alkyl halides is 1. The van der Waals surface area contributed by atoms with E-state index in [1.807, 2.05) is 4.90 Å². The topological polar surface area (TPSA) is 118 Å². The fourth-order valence-electron chi connectivity index (χ4n) is 3.40. The molecule has 9 nitrogen and oxygen atoms in total. The van der Waals surface area contributed by atoms with Crippen LogP contribution in [0.3, 0.4) is 0 Å². The molecule has 2 atom stereocenters. The van der Waals surface area contributed by atoms with E-state index in [0.717, 1.165) is 19.4 Å². The van der Waals surface area contributed by atoms with Crippen LogP contribution in [0.25, 0.3) is 0 Å². The van der Waals surface area contributed by atoms with Crippen molar-refractivity contribution in [2.45, 2.75) is 39.0 Å². The van der Waals surface area contributed by atoms with Crippen LogP contribution in [0, 0.1) is 12.3 Å². The molecule has 164 valence electrons. The number of ether oxygens (including phenoxy) is 1. The van der Waals surface area contributed by atoms with Gasteiger partial charge in [0.2, 0.25) is 6.30 Å². The Hall–Kier alpha value is -2.88. The molecule has 1 spiro atoms. The number of rotatable bonds is 6. The second kappa shape index (κ2) is 8.47. The Morgan fingerprint density at radius 2 is 2.10 bits per heavy atom. The van der Waals surface area contributed by atoms with Crippen molar-refractivity contribution in [3.05, 3.63) is 42.0 Å². The molecule has 2 aliphatic rings. The van der Waals surface area contributed by atoms with Crippen LogP contribution in [0.15, 0.2) is 41.2 Å². The van der Waals surface area contributed by atoms with Crippen molar-refractivity contribution in [1.29, 1.82) is 0 Å². The van der Waals surface area contributed by atoms with Crippen molar-refractivity contribution in [3.8, 4) is 5.75 Å². The van der Waals surface area contributed by atoms with Crippen molar-refractivity contribution in [2.24, 2.45) is 21.9 Å². The minimum atomic E-state index is -1.66. The number of aliphatic imine (C=N–C) groups is 1. The van der Waals surface area contributed by atoms with Crippen LogP contribution in [0.2, 0.25) is 0 Å². The molecule has 3 rings (SSSR count). The maximum atomic E-state index is 15.1. The summed E-state index contributed by atoms with van der Waals surface area (Å²) in [4.78, 5) is 15.9. The Morgan fingerprint density at radius 3 is 2.63 bits per heavy atom. The molecule has 1 unspecified atom stereocenters. The Labute approximate surface area is 176 Å². The highest BCUT2D eigenvalue weighted by molar-refractivity contribution is 5.77. The van der Waals surface area contributed by atoms with Gasteiger partial charge < -0.3 is 26.4 Å². The molecule has 1 aromatic heterocycles. The van der Waals surface area contributed by atoms with Crippen molar-refractivity contribution >= 4 is 6.02 Å². The van der Waals surface area contributed by atoms with Gasteiger partial charge in [-0.3, -0.25) is 4.90 Å². The van der Waals surface area contributed by atoms with E-state index in [0.29, 0.717) is 29.6 Å². The van der Waals surface area contributed by atoms with Crippen molar-refractivity contribution in [3.63, 3.8) is 0 Å². The maximum Gasteiger partial charge on any atom is 0.302 e. The predicted octanol–water partition coefficient (Wildman–Crippen LogP) is 1.05. The molecule has 1 aliphatic carbocycles. The summed E-state index contributed by atoms with van der Waals surface area (Å²) in [7, 11) is 3.19. The summed E-state index contributed by atoms with van der Waals surface area (Å²) in [6.45, 7) is 8.98. The number of halogens is 1. The van der Waals surface area contributed by atoms with Crippen LogP contribution in [0.4, 0.5) is 4.39 Å². The zero-order chi connectivity index (χ0) is 22.1. The molecular formula is C20H31FN8O. The van der Waals surface area contributed by atoms with E-state index in [-0.39, 0.29) is 23.2 Å². The highest BCUT2D eigenvalue weighted by Gasteiger charge is 2.53. The quantitative estimate of drug-likeness (QED) is 0.356. The number of aryl methyl sites for hydroxylation is 1. The zero-order valence-corrected chi connectivity index (χ0v) is 18.0. The maximum absolute atomic E-state index is 15.1. The normalized spacial score (nSPS) is 21.9. The number of nitrogens with zero attached hydrogens (tertiary/aromatic N) is 5. The largest absolute Gasteiger partial charge is 0.422 e. The fraction of sp³-hybridized carbons (Fsp3) is 0.550. The highest BCUT2D eigenvalue weighted by atomic mass is 19.1. The lowest BCUT2D eigenvalue weighted by Crippen LogP contribution is -2.42. The summed E-state index contributed by atoms with van der Waals surface area (Å²) < 4.78 is 20.9. The summed E-state index contributed by atoms with van der Waals surface area (Å²) in [5.41, 5.74) is 13.0. The van der Waals surface area contributed by atoms with E-state index >= 15 is 4.39 Å². The lowest BCUT2D eigenvalue weighted by Gasteiger charge is -2.27. The second-order valence-electron chi connectivity index (χ2n) is 8.01. The predicted molar refractivity (Wildman–Crippen MR) is 114 cm³/mol. The van der Waals surface area contributed by atoms with Gasteiger partial charge in [0.05, 0.1) is 18.1 Å². The molecule has 0 amide bonds. The number of likely N-dealkylation sites (N-methyl/N-ethyl adjacent to an activating group) is 1. The van der Waals surface area contributed by atoms with Gasteiger partial charge in [0, 0.05) is 44.3 Å². The summed E-state index contributed by atoms with van der Waals surface area (Å²) in [6.07, 6.45) is 3.58. The lowest BCUT2D eigenvalue weighted by molar-refractivity contribution is 0.190. The first-order chi connectivity index (χ1) is 14.2. The summed E-state index contributed by atoms with van der Waals surface area (Å²) in [6, 6.07) is 0.0833. The molecule has 10 heteroatoms. The lowest BCUT2D eigenvalue weighted by atomic mass is 10.0. The van der Waals surface area contributed by atoms with Gasteiger partial charge in [0.1, 0.15) is 11.6 Å². The number of likely N-dealkylation sites (tertiary alicyclic amines) is 1. The Balaban J connectivity index is 1.85. The number of hydrogen-bond acceptors (Lipinski definition) is 8. The van der Waals surface area contributed by atoms with Gasteiger partial charge >= 0.3 is 6.02 Å². The third-order valence-corrected chi connectivity index (χ3v) is 5.86. The minimum Gasteiger partial charge on any atom is -0.422 e. The molecule has 0 aromatic carbocycles.